The van der Waals surface area contributed by atoms with Crippen LogP contribution >= 0.6 is 0 Å². The molecule has 0 heterocycles. The number of rotatable bonds is 2. The fourth-order valence-electron chi connectivity index (χ4n) is 0.0385. The van der Waals surface area contributed by atoms with E-state index in [-0.39, 0.29) is 0 Å². The van der Waals surface area contributed by atoms with E-state index in [0.717, 1.165) is 0 Å². The Morgan fingerprint density at radius 2 is 2.00 bits per heavy atom. The van der Waals surface area contributed by atoms with E-state index in [1.165, 1.54) is 0 Å². The molecule has 0 spiro atoms. The van der Waals surface area contributed by atoms with Crippen molar-refractivity contribution < 1.29 is 18.0 Å². The Labute approximate surface area is 52.3 Å². The molecule has 0 fully saturated rings. The van der Waals surface area contributed by atoms with Gasteiger partial charge in [0, 0.05) is 0 Å². The van der Waals surface area contributed by atoms with Crippen molar-refractivity contribution in [2.45, 2.75) is 0 Å². The molecule has 0 aliphatic heterocycles. The predicted molar refractivity (Wildman–Crippen MR) is 19.1 cm³/mol. The Hall–Kier alpha value is 0.553. The second-order valence-corrected chi connectivity index (χ2v) is 3.90. The summed E-state index contributed by atoms with van der Waals surface area (Å²) in [4.78, 5) is 0. The van der Waals surface area contributed by atoms with Gasteiger partial charge < -0.3 is 0 Å². The third-order valence-corrected chi connectivity index (χ3v) is 3.28. The van der Waals surface area contributed by atoms with Gasteiger partial charge >= 0.3 is 52.1 Å². The van der Waals surface area contributed by atoms with Crippen LogP contribution in [0.15, 0.2) is 0 Å². The van der Waals surface area contributed by atoms with Gasteiger partial charge in [0.05, 0.1) is 0 Å². The molecular formula is HBiO5S. The zero-order chi connectivity index (χ0) is 5.91. The zero-order valence-electron chi connectivity index (χ0n) is 2.94. The average Bonchev–Trinajstić information content (AvgIpc) is 1.30. The van der Waals surface area contributed by atoms with Crippen LogP contribution in [-0.4, -0.2) is 36.7 Å². The summed E-state index contributed by atoms with van der Waals surface area (Å²) in [6.45, 7) is 0. The van der Waals surface area contributed by atoms with Gasteiger partial charge in [-0.3, -0.25) is 0 Å². The SMILES string of the molecule is [O]=[Bi][O]S(=O)(=O)O. The summed E-state index contributed by atoms with van der Waals surface area (Å²) in [5.41, 5.74) is 0. The molecule has 0 aromatic rings. The fraction of sp³-hybridized carbons (Fsp3) is 0. The van der Waals surface area contributed by atoms with Gasteiger partial charge in [-0.1, -0.05) is 0 Å². The van der Waals surface area contributed by atoms with Crippen molar-refractivity contribution in [2.24, 2.45) is 0 Å². The summed E-state index contributed by atoms with van der Waals surface area (Å²) in [5, 5.41) is 0. The van der Waals surface area contributed by atoms with E-state index in [0.29, 0.717) is 0 Å². The van der Waals surface area contributed by atoms with Gasteiger partial charge in [0.25, 0.3) is 0 Å². The maximum absolute atomic E-state index is 9.41. The molecule has 7 heteroatoms. The minimum atomic E-state index is -4.41. The van der Waals surface area contributed by atoms with Crippen molar-refractivity contribution in [3.05, 3.63) is 0 Å². The molecule has 0 atom stereocenters. The van der Waals surface area contributed by atoms with Crippen molar-refractivity contribution in [1.82, 2.24) is 0 Å². The Bertz CT molecular complexity index is 141. The summed E-state index contributed by atoms with van der Waals surface area (Å²) in [6.07, 6.45) is 0. The van der Waals surface area contributed by atoms with E-state index in [1.807, 2.05) is 0 Å². The first-order valence-electron chi connectivity index (χ1n) is 1.05. The molecule has 0 saturated carbocycles. The predicted octanol–water partition coefficient (Wildman–Crippen LogP) is -1.23. The molecule has 0 radical (unpaired) electrons. The van der Waals surface area contributed by atoms with Gasteiger partial charge in [0.1, 0.15) is 0 Å². The standard InChI is InChI=1S/Bi.H2O4S.O/c;1-5(2,3)4;/h;(H2,1,2,3,4);/q+1;;/p-1. The Kier molecular flexibility index (Phi) is 2.98. The Balaban J connectivity index is 3.84. The van der Waals surface area contributed by atoms with Gasteiger partial charge in [-0.15, -0.1) is 0 Å². The first-order chi connectivity index (χ1) is 3.06. The van der Waals surface area contributed by atoms with E-state index < -0.39 is 34.1 Å². The van der Waals surface area contributed by atoms with Crippen molar-refractivity contribution in [1.29, 1.82) is 0 Å². The summed E-state index contributed by atoms with van der Waals surface area (Å²) in [5.74, 6) is 0. The van der Waals surface area contributed by atoms with Crippen LogP contribution in [0, 0.1) is 0 Å². The topological polar surface area (TPSA) is 80.7 Å². The molecule has 0 amide bonds. The van der Waals surface area contributed by atoms with Crippen molar-refractivity contribution >= 4 is 34.1 Å². The molecule has 0 aromatic carbocycles. The van der Waals surface area contributed by atoms with Crippen LogP contribution in [0.2, 0.25) is 0 Å². The van der Waals surface area contributed by atoms with Crippen LogP contribution < -0.4 is 0 Å². The number of hydrogen-bond donors (Lipinski definition) is 1. The molecule has 0 bridgehead atoms. The van der Waals surface area contributed by atoms with Crippen LogP contribution in [-0.2, 0) is 15.5 Å². The molecule has 0 unspecified atom stereocenters. The summed E-state index contributed by atoms with van der Waals surface area (Å²) >= 11 is -2.58. The summed E-state index contributed by atoms with van der Waals surface area (Å²) in [7, 11) is -4.41. The third kappa shape index (κ3) is 6.55. The second-order valence-electron chi connectivity index (χ2n) is 0.577. The summed E-state index contributed by atoms with van der Waals surface area (Å²) < 4.78 is 39.2. The van der Waals surface area contributed by atoms with Crippen molar-refractivity contribution in [3.63, 3.8) is 0 Å². The van der Waals surface area contributed by atoms with Crippen LogP contribution in [0.4, 0.5) is 0 Å². The molecule has 0 aliphatic carbocycles. The molecule has 5 nitrogen and oxygen atoms in total. The van der Waals surface area contributed by atoms with Crippen LogP contribution in [0.5, 0.6) is 0 Å². The Morgan fingerprint density at radius 3 is 2.00 bits per heavy atom. The van der Waals surface area contributed by atoms with E-state index >= 15 is 0 Å². The molecule has 1 N–H and O–H groups in total. The first-order valence-corrected chi connectivity index (χ1v) is 5.25. The van der Waals surface area contributed by atoms with E-state index in [9.17, 15) is 11.2 Å². The first kappa shape index (κ1) is 7.55. The van der Waals surface area contributed by atoms with Crippen LogP contribution in [0.1, 0.15) is 0 Å². The van der Waals surface area contributed by atoms with Crippen molar-refractivity contribution in [2.75, 3.05) is 0 Å². The fourth-order valence-corrected chi connectivity index (χ4v) is 1.01. The average molecular weight is 322 g/mol. The minimum absolute atomic E-state index is 2.58. The molecule has 42 valence electrons. The normalized spacial score (nSPS) is 11.0. The third-order valence-electron chi connectivity index (χ3n) is 0.125. The quantitative estimate of drug-likeness (QED) is 0.509. The van der Waals surface area contributed by atoms with Crippen LogP contribution in [0.25, 0.3) is 0 Å². The van der Waals surface area contributed by atoms with Gasteiger partial charge in [-0.05, 0) is 0 Å². The van der Waals surface area contributed by atoms with E-state index in [1.54, 1.807) is 0 Å². The molecule has 0 saturated heterocycles. The molecular weight excluding hydrogens is 321 g/mol. The molecule has 7 heavy (non-hydrogen) atoms. The zero-order valence-corrected chi connectivity index (χ0v) is 7.23. The van der Waals surface area contributed by atoms with Crippen molar-refractivity contribution in [3.8, 4) is 0 Å². The van der Waals surface area contributed by atoms with E-state index in [2.05, 4.69) is 2.26 Å². The van der Waals surface area contributed by atoms with Gasteiger partial charge in [0.15, 0.2) is 0 Å². The van der Waals surface area contributed by atoms with E-state index in [4.69, 9.17) is 4.55 Å². The molecule has 0 rings (SSSR count). The molecule has 0 aromatic heterocycles. The summed E-state index contributed by atoms with van der Waals surface area (Å²) in [6, 6.07) is 0. The van der Waals surface area contributed by atoms with Crippen LogP contribution in [0.3, 0.4) is 0 Å². The van der Waals surface area contributed by atoms with Gasteiger partial charge in [-0.2, -0.15) is 0 Å². The second kappa shape index (κ2) is 2.76. The maximum atomic E-state index is 9.41. The molecule has 0 aliphatic rings. The number of hydrogen-bond acceptors (Lipinski definition) is 4. The monoisotopic (exact) mass is 322 g/mol. The van der Waals surface area contributed by atoms with Gasteiger partial charge in [-0.25, -0.2) is 0 Å². The Morgan fingerprint density at radius 1 is 1.57 bits per heavy atom. The van der Waals surface area contributed by atoms with Gasteiger partial charge in [0.2, 0.25) is 0 Å².